The van der Waals surface area contributed by atoms with Gasteiger partial charge in [0.05, 0.1) is 5.70 Å². The molecule has 5 nitrogen and oxygen atoms in total. The number of nitriles is 1. The number of hydrogen-bond acceptors (Lipinski definition) is 4. The maximum atomic E-state index is 12.3. The zero-order valence-electron chi connectivity index (χ0n) is 12.0. The lowest BCUT2D eigenvalue weighted by Gasteiger charge is -2.09. The van der Waals surface area contributed by atoms with Crippen LogP contribution in [0.1, 0.15) is 11.1 Å². The molecule has 0 heterocycles. The molecule has 0 spiro atoms. The van der Waals surface area contributed by atoms with Gasteiger partial charge in [-0.2, -0.15) is 5.26 Å². The van der Waals surface area contributed by atoms with Crippen LogP contribution in [0.15, 0.2) is 59.5 Å². The number of sulfonamides is 1. The van der Waals surface area contributed by atoms with Gasteiger partial charge in [-0.3, -0.25) is 0 Å². The van der Waals surface area contributed by atoms with E-state index in [0.29, 0.717) is 16.1 Å². The van der Waals surface area contributed by atoms with Gasteiger partial charge in [0.15, 0.2) is 4.91 Å². The summed E-state index contributed by atoms with van der Waals surface area (Å²) in [6.07, 6.45) is 0. The van der Waals surface area contributed by atoms with Crippen molar-refractivity contribution in [3.63, 3.8) is 0 Å². The van der Waals surface area contributed by atoms with E-state index in [0.717, 1.165) is 0 Å². The lowest BCUT2D eigenvalue weighted by Crippen LogP contribution is -2.26. The van der Waals surface area contributed by atoms with Crippen LogP contribution in [-0.4, -0.2) is 8.42 Å². The van der Waals surface area contributed by atoms with Crippen LogP contribution in [0.4, 0.5) is 0 Å². The van der Waals surface area contributed by atoms with Crippen molar-refractivity contribution in [3.8, 4) is 6.07 Å². The second kappa shape index (κ2) is 7.29. The number of nitrogens with one attached hydrogen (secondary N) is 1. The first-order valence-electron chi connectivity index (χ1n) is 6.63. The van der Waals surface area contributed by atoms with E-state index in [4.69, 9.17) is 17.3 Å². The minimum absolute atomic E-state index is 0.0345. The maximum Gasteiger partial charge on any atom is 0.253 e. The third kappa shape index (κ3) is 4.33. The minimum Gasteiger partial charge on any atom is -0.397 e. The Labute approximate surface area is 140 Å². The number of nitrogens with two attached hydrogens (primary N) is 1. The van der Waals surface area contributed by atoms with Crippen LogP contribution in [0, 0.1) is 11.3 Å². The van der Waals surface area contributed by atoms with Crippen LogP contribution >= 0.6 is 11.6 Å². The van der Waals surface area contributed by atoms with Crippen LogP contribution < -0.4 is 10.5 Å². The highest BCUT2D eigenvalue weighted by Crippen LogP contribution is 2.17. The first-order valence-corrected chi connectivity index (χ1v) is 8.49. The lowest BCUT2D eigenvalue weighted by atomic mass is 10.1. The standard InChI is InChI=1S/C16H14ClN3O2S/c17-14-8-6-12(7-9-14)11-20-23(21,22)15(10-18)16(19)13-4-2-1-3-5-13/h1-9,20H,11,19H2. The van der Waals surface area contributed by atoms with Crippen molar-refractivity contribution in [1.29, 1.82) is 5.26 Å². The Morgan fingerprint density at radius 3 is 2.30 bits per heavy atom. The summed E-state index contributed by atoms with van der Waals surface area (Å²) in [7, 11) is -4.02. The Hall–Kier alpha value is -2.33. The van der Waals surface area contributed by atoms with Crippen LogP contribution in [0.5, 0.6) is 0 Å². The van der Waals surface area contributed by atoms with Crippen molar-refractivity contribution in [1.82, 2.24) is 4.72 Å². The number of rotatable bonds is 5. The molecular formula is C16H14ClN3O2S. The van der Waals surface area contributed by atoms with E-state index >= 15 is 0 Å². The molecule has 0 amide bonds. The summed E-state index contributed by atoms with van der Waals surface area (Å²) < 4.78 is 27.0. The second-order valence-corrected chi connectivity index (χ2v) is 6.81. The highest BCUT2D eigenvalue weighted by Gasteiger charge is 2.21. The molecule has 0 saturated carbocycles. The summed E-state index contributed by atoms with van der Waals surface area (Å²) in [6, 6.07) is 16.9. The SMILES string of the molecule is N#CC(=C(N)c1ccccc1)S(=O)(=O)NCc1ccc(Cl)cc1. The summed E-state index contributed by atoms with van der Waals surface area (Å²) in [5.41, 5.74) is 6.95. The van der Waals surface area contributed by atoms with E-state index in [-0.39, 0.29) is 12.2 Å². The molecule has 7 heteroatoms. The number of allylic oxidation sites excluding steroid dienone is 1. The second-order valence-electron chi connectivity index (χ2n) is 4.67. The molecule has 2 aromatic carbocycles. The molecule has 0 bridgehead atoms. The van der Waals surface area contributed by atoms with Crippen LogP contribution in [0.25, 0.3) is 5.70 Å². The molecule has 0 aliphatic heterocycles. The summed E-state index contributed by atoms with van der Waals surface area (Å²) >= 11 is 5.78. The normalized spacial score (nSPS) is 12.3. The third-order valence-corrected chi connectivity index (χ3v) is 4.70. The van der Waals surface area contributed by atoms with Gasteiger partial charge >= 0.3 is 0 Å². The fraction of sp³-hybridized carbons (Fsp3) is 0.0625. The van der Waals surface area contributed by atoms with Crippen molar-refractivity contribution in [2.45, 2.75) is 6.54 Å². The molecule has 23 heavy (non-hydrogen) atoms. The van der Waals surface area contributed by atoms with Crippen molar-refractivity contribution in [2.75, 3.05) is 0 Å². The first-order chi connectivity index (χ1) is 10.9. The Balaban J connectivity index is 2.26. The summed E-state index contributed by atoms with van der Waals surface area (Å²) in [4.78, 5) is -0.502. The maximum absolute atomic E-state index is 12.3. The molecule has 3 N–H and O–H groups in total. The van der Waals surface area contributed by atoms with Crippen LogP contribution in [0.3, 0.4) is 0 Å². The molecule has 0 unspecified atom stereocenters. The van der Waals surface area contributed by atoms with Crippen LogP contribution in [-0.2, 0) is 16.6 Å². The molecule has 2 rings (SSSR count). The zero-order chi connectivity index (χ0) is 16.9. The van der Waals surface area contributed by atoms with Gasteiger partial charge in [-0.1, -0.05) is 54.1 Å². The summed E-state index contributed by atoms with van der Waals surface area (Å²) in [6.45, 7) is 0.0345. The highest BCUT2D eigenvalue weighted by molar-refractivity contribution is 7.93. The first kappa shape index (κ1) is 17.0. The smallest absolute Gasteiger partial charge is 0.253 e. The van der Waals surface area contributed by atoms with Gasteiger partial charge < -0.3 is 5.73 Å². The van der Waals surface area contributed by atoms with E-state index in [2.05, 4.69) is 4.72 Å². The van der Waals surface area contributed by atoms with Crippen molar-refractivity contribution in [3.05, 3.63) is 75.7 Å². The molecule has 0 aliphatic rings. The fourth-order valence-electron chi connectivity index (χ4n) is 1.87. The summed E-state index contributed by atoms with van der Waals surface area (Å²) in [5.74, 6) is 0. The highest BCUT2D eigenvalue weighted by atomic mass is 35.5. The number of hydrogen-bond donors (Lipinski definition) is 2. The van der Waals surface area contributed by atoms with Gasteiger partial charge in [0, 0.05) is 11.6 Å². The Morgan fingerprint density at radius 1 is 1.13 bits per heavy atom. The number of halogens is 1. The van der Waals surface area contributed by atoms with E-state index < -0.39 is 14.9 Å². The Bertz CT molecular complexity index is 854. The van der Waals surface area contributed by atoms with Crippen molar-refractivity contribution >= 4 is 27.3 Å². The van der Waals surface area contributed by atoms with Gasteiger partial charge in [-0.15, -0.1) is 0 Å². The molecule has 0 saturated heterocycles. The predicted molar refractivity (Wildman–Crippen MR) is 90.4 cm³/mol. The molecule has 0 radical (unpaired) electrons. The molecule has 2 aromatic rings. The molecule has 0 aliphatic carbocycles. The number of nitrogens with zero attached hydrogens (tertiary/aromatic N) is 1. The van der Waals surface area contributed by atoms with E-state index in [1.165, 1.54) is 0 Å². The predicted octanol–water partition coefficient (Wildman–Crippen LogP) is 2.61. The fourth-order valence-corrected chi connectivity index (χ4v) is 3.02. The van der Waals surface area contributed by atoms with Crippen molar-refractivity contribution < 1.29 is 8.42 Å². The Kier molecular flexibility index (Phi) is 5.40. The molecular weight excluding hydrogens is 334 g/mol. The molecule has 0 fully saturated rings. The Morgan fingerprint density at radius 2 is 1.74 bits per heavy atom. The number of benzene rings is 2. The average molecular weight is 348 g/mol. The minimum atomic E-state index is -4.02. The largest absolute Gasteiger partial charge is 0.397 e. The average Bonchev–Trinajstić information content (AvgIpc) is 2.55. The summed E-state index contributed by atoms with van der Waals surface area (Å²) in [5, 5.41) is 9.76. The van der Waals surface area contributed by atoms with E-state index in [1.807, 2.05) is 0 Å². The quantitative estimate of drug-likeness (QED) is 0.812. The van der Waals surface area contributed by atoms with E-state index in [1.54, 1.807) is 60.7 Å². The van der Waals surface area contributed by atoms with Gasteiger partial charge in [0.25, 0.3) is 10.0 Å². The zero-order valence-corrected chi connectivity index (χ0v) is 13.6. The van der Waals surface area contributed by atoms with Crippen molar-refractivity contribution in [2.24, 2.45) is 5.73 Å². The van der Waals surface area contributed by atoms with Gasteiger partial charge in [0.2, 0.25) is 0 Å². The van der Waals surface area contributed by atoms with E-state index in [9.17, 15) is 13.7 Å². The lowest BCUT2D eigenvalue weighted by molar-refractivity contribution is 0.589. The van der Waals surface area contributed by atoms with Gasteiger partial charge in [-0.25, -0.2) is 13.1 Å². The van der Waals surface area contributed by atoms with Gasteiger partial charge in [0.1, 0.15) is 6.07 Å². The van der Waals surface area contributed by atoms with Crippen LogP contribution in [0.2, 0.25) is 5.02 Å². The topological polar surface area (TPSA) is 96.0 Å². The third-order valence-electron chi connectivity index (χ3n) is 3.08. The monoisotopic (exact) mass is 347 g/mol. The molecule has 0 atom stereocenters. The van der Waals surface area contributed by atoms with Gasteiger partial charge in [-0.05, 0) is 23.3 Å². The molecule has 118 valence electrons. The molecule has 0 aromatic heterocycles.